The molecule has 0 aliphatic heterocycles. The molecule has 0 radical (unpaired) electrons. The van der Waals surface area contributed by atoms with Crippen LogP contribution >= 0.6 is 0 Å². The minimum atomic E-state index is -0.931. The summed E-state index contributed by atoms with van der Waals surface area (Å²) in [6.07, 6.45) is 0. The molecule has 0 aromatic carbocycles. The van der Waals surface area contributed by atoms with E-state index in [4.69, 9.17) is 9.84 Å². The molecule has 100 valence electrons. The third-order valence-electron chi connectivity index (χ3n) is 2.20. The van der Waals surface area contributed by atoms with Crippen molar-refractivity contribution >= 4 is 12.0 Å². The minimum absolute atomic E-state index is 0.107. The van der Waals surface area contributed by atoms with Crippen molar-refractivity contribution in [3.05, 3.63) is 0 Å². The average molecular weight is 246 g/mol. The van der Waals surface area contributed by atoms with Gasteiger partial charge < -0.3 is 20.5 Å². The van der Waals surface area contributed by atoms with E-state index in [1.165, 1.54) is 6.92 Å². The normalized spacial score (nSPS) is 12.9. The van der Waals surface area contributed by atoms with Crippen molar-refractivity contribution in [1.29, 1.82) is 0 Å². The Morgan fingerprint density at radius 2 is 1.94 bits per heavy atom. The van der Waals surface area contributed by atoms with Crippen LogP contribution < -0.4 is 10.6 Å². The summed E-state index contributed by atoms with van der Waals surface area (Å²) < 4.78 is 5.41. The van der Waals surface area contributed by atoms with Gasteiger partial charge >= 0.3 is 12.0 Å². The number of rotatable bonds is 7. The molecule has 1 atom stereocenters. The molecule has 0 saturated heterocycles. The van der Waals surface area contributed by atoms with Crippen LogP contribution in [0.1, 0.15) is 27.7 Å². The van der Waals surface area contributed by atoms with Gasteiger partial charge in [0.1, 0.15) is 0 Å². The molecule has 3 N–H and O–H groups in total. The molecule has 0 aromatic heterocycles. The molecular weight excluding hydrogens is 224 g/mol. The summed E-state index contributed by atoms with van der Waals surface area (Å²) in [5.74, 6) is -1.53. The number of amides is 2. The highest BCUT2D eigenvalue weighted by Crippen LogP contribution is 2.06. The highest BCUT2D eigenvalue weighted by atomic mass is 16.5. The predicted octanol–water partition coefficient (Wildman–Crippen LogP) is 0.821. The van der Waals surface area contributed by atoms with Crippen LogP contribution in [0.15, 0.2) is 0 Å². The number of aliphatic carboxylic acids is 1. The number of hydrogen-bond donors (Lipinski definition) is 3. The standard InChI is InChI=1S/C11H22N2O4/c1-5-17-11(3,4)7-13-10(16)12-6-8(2)9(14)15/h8H,5-7H2,1-4H3,(H,14,15)(H2,12,13,16). The zero-order valence-electron chi connectivity index (χ0n) is 10.9. The van der Waals surface area contributed by atoms with Crippen molar-refractivity contribution in [2.45, 2.75) is 33.3 Å². The first-order valence-corrected chi connectivity index (χ1v) is 5.67. The van der Waals surface area contributed by atoms with Crippen LogP contribution in [0.5, 0.6) is 0 Å². The first-order chi connectivity index (χ1) is 7.78. The molecule has 17 heavy (non-hydrogen) atoms. The Balaban J connectivity index is 3.84. The third-order valence-corrected chi connectivity index (χ3v) is 2.20. The summed E-state index contributed by atoms with van der Waals surface area (Å²) in [5.41, 5.74) is -0.426. The van der Waals surface area contributed by atoms with E-state index in [2.05, 4.69) is 10.6 Å². The lowest BCUT2D eigenvalue weighted by molar-refractivity contribution is -0.140. The third kappa shape index (κ3) is 7.57. The molecule has 6 heteroatoms. The monoisotopic (exact) mass is 246 g/mol. The van der Waals surface area contributed by atoms with Crippen LogP contribution in [0, 0.1) is 5.92 Å². The quantitative estimate of drug-likeness (QED) is 0.620. The number of urea groups is 1. The number of ether oxygens (including phenoxy) is 1. The maximum absolute atomic E-state index is 11.4. The maximum atomic E-state index is 11.4. The van der Waals surface area contributed by atoms with Crippen molar-refractivity contribution < 1.29 is 19.4 Å². The van der Waals surface area contributed by atoms with Crippen molar-refractivity contribution in [1.82, 2.24) is 10.6 Å². The first-order valence-electron chi connectivity index (χ1n) is 5.67. The van der Waals surface area contributed by atoms with Crippen LogP contribution in [-0.2, 0) is 9.53 Å². The highest BCUT2D eigenvalue weighted by Gasteiger charge is 2.19. The number of carboxylic acid groups (broad SMARTS) is 1. The Morgan fingerprint density at radius 3 is 2.41 bits per heavy atom. The van der Waals surface area contributed by atoms with Crippen molar-refractivity contribution in [3.63, 3.8) is 0 Å². The van der Waals surface area contributed by atoms with E-state index >= 15 is 0 Å². The van der Waals surface area contributed by atoms with Gasteiger partial charge in [-0.3, -0.25) is 4.79 Å². The van der Waals surface area contributed by atoms with Gasteiger partial charge in [-0.2, -0.15) is 0 Å². The van der Waals surface area contributed by atoms with Gasteiger partial charge in [0.25, 0.3) is 0 Å². The fourth-order valence-electron chi connectivity index (χ4n) is 1.13. The summed E-state index contributed by atoms with van der Waals surface area (Å²) in [6, 6.07) is -0.383. The molecule has 0 fully saturated rings. The Morgan fingerprint density at radius 1 is 1.35 bits per heavy atom. The summed E-state index contributed by atoms with van der Waals surface area (Å²) in [6.45, 7) is 8.22. The summed E-state index contributed by atoms with van der Waals surface area (Å²) in [7, 11) is 0. The average Bonchev–Trinajstić information content (AvgIpc) is 2.22. The zero-order valence-corrected chi connectivity index (χ0v) is 10.9. The fraction of sp³-hybridized carbons (Fsp3) is 0.818. The Kier molecular flexibility index (Phi) is 6.57. The number of carbonyl (C=O) groups is 2. The summed E-state index contributed by atoms with van der Waals surface area (Å²) in [5, 5.41) is 13.8. The topological polar surface area (TPSA) is 87.7 Å². The molecule has 0 rings (SSSR count). The smallest absolute Gasteiger partial charge is 0.314 e. The lowest BCUT2D eigenvalue weighted by Crippen LogP contribution is -2.46. The van der Waals surface area contributed by atoms with Gasteiger partial charge in [0.2, 0.25) is 0 Å². The van der Waals surface area contributed by atoms with Crippen LogP contribution in [-0.4, -0.2) is 42.4 Å². The van der Waals surface area contributed by atoms with Crippen LogP contribution in [0.4, 0.5) is 4.79 Å². The van der Waals surface area contributed by atoms with E-state index in [0.717, 1.165) is 0 Å². The first kappa shape index (κ1) is 15.7. The van der Waals surface area contributed by atoms with E-state index in [0.29, 0.717) is 13.2 Å². The number of hydrogen-bond acceptors (Lipinski definition) is 3. The van der Waals surface area contributed by atoms with Gasteiger partial charge in [-0.1, -0.05) is 6.92 Å². The van der Waals surface area contributed by atoms with Gasteiger partial charge in [0, 0.05) is 19.7 Å². The Bertz CT molecular complexity index is 266. The molecule has 0 aliphatic rings. The van der Waals surface area contributed by atoms with Crippen LogP contribution in [0.2, 0.25) is 0 Å². The number of carbonyl (C=O) groups excluding carboxylic acids is 1. The maximum Gasteiger partial charge on any atom is 0.314 e. The summed E-state index contributed by atoms with van der Waals surface area (Å²) in [4.78, 5) is 21.9. The Labute approximate surface area is 102 Å². The van der Waals surface area contributed by atoms with Gasteiger partial charge in [-0.25, -0.2) is 4.79 Å². The van der Waals surface area contributed by atoms with Gasteiger partial charge in [0.05, 0.1) is 11.5 Å². The van der Waals surface area contributed by atoms with E-state index in [9.17, 15) is 9.59 Å². The zero-order chi connectivity index (χ0) is 13.5. The molecule has 0 aliphatic carbocycles. The molecule has 0 aromatic rings. The molecule has 6 nitrogen and oxygen atoms in total. The molecule has 0 spiro atoms. The van der Waals surface area contributed by atoms with Crippen LogP contribution in [0.3, 0.4) is 0 Å². The highest BCUT2D eigenvalue weighted by molar-refractivity contribution is 5.75. The molecule has 1 unspecified atom stereocenters. The second-order valence-electron chi connectivity index (χ2n) is 4.50. The summed E-state index contributed by atoms with van der Waals surface area (Å²) >= 11 is 0. The second-order valence-corrected chi connectivity index (χ2v) is 4.50. The van der Waals surface area contributed by atoms with Gasteiger partial charge in [0.15, 0.2) is 0 Å². The van der Waals surface area contributed by atoms with Gasteiger partial charge in [-0.05, 0) is 20.8 Å². The lowest BCUT2D eigenvalue weighted by atomic mass is 10.1. The van der Waals surface area contributed by atoms with Crippen LogP contribution in [0.25, 0.3) is 0 Å². The van der Waals surface area contributed by atoms with E-state index in [1.54, 1.807) is 0 Å². The lowest BCUT2D eigenvalue weighted by Gasteiger charge is -2.25. The van der Waals surface area contributed by atoms with Crippen molar-refractivity contribution in [2.75, 3.05) is 19.7 Å². The van der Waals surface area contributed by atoms with Gasteiger partial charge in [-0.15, -0.1) is 0 Å². The van der Waals surface area contributed by atoms with E-state index in [1.807, 2.05) is 20.8 Å². The molecule has 0 heterocycles. The number of nitrogens with one attached hydrogen (secondary N) is 2. The fourth-order valence-corrected chi connectivity index (χ4v) is 1.13. The molecule has 2 amide bonds. The molecular formula is C11H22N2O4. The van der Waals surface area contributed by atoms with E-state index in [-0.39, 0.29) is 12.6 Å². The predicted molar refractivity (Wildman–Crippen MR) is 63.9 cm³/mol. The van der Waals surface area contributed by atoms with Crippen molar-refractivity contribution in [2.24, 2.45) is 5.92 Å². The number of carboxylic acids is 1. The molecule has 0 bridgehead atoms. The minimum Gasteiger partial charge on any atom is -0.481 e. The SMILES string of the molecule is CCOC(C)(C)CNC(=O)NCC(C)C(=O)O. The molecule has 0 saturated carbocycles. The second kappa shape index (κ2) is 7.11. The van der Waals surface area contributed by atoms with Crippen molar-refractivity contribution in [3.8, 4) is 0 Å². The largest absolute Gasteiger partial charge is 0.481 e. The Hall–Kier alpha value is -1.30. The van der Waals surface area contributed by atoms with E-state index < -0.39 is 17.5 Å².